The number of carboxylic acids is 1. The third kappa shape index (κ3) is 6.70. The van der Waals surface area contributed by atoms with E-state index in [4.69, 9.17) is 11.5 Å². The van der Waals surface area contributed by atoms with E-state index in [2.05, 4.69) is 10.6 Å². The highest BCUT2D eigenvalue weighted by atomic mass is 16.4. The lowest BCUT2D eigenvalue weighted by atomic mass is 9.98. The monoisotopic (exact) mass is 413 g/mol. The van der Waals surface area contributed by atoms with E-state index in [1.54, 1.807) is 13.8 Å². The number of carboxylic acid groups (broad SMARTS) is 1. The Hall–Kier alpha value is -2.69. The van der Waals surface area contributed by atoms with Crippen molar-refractivity contribution in [2.75, 3.05) is 6.54 Å². The van der Waals surface area contributed by atoms with Gasteiger partial charge in [0.15, 0.2) is 0 Å². The van der Waals surface area contributed by atoms with Crippen molar-refractivity contribution in [3.8, 4) is 0 Å². The molecule has 1 rings (SSSR count). The molecule has 1 aliphatic rings. The molecule has 11 heteroatoms. The molecule has 164 valence electrons. The van der Waals surface area contributed by atoms with Gasteiger partial charge in [-0.15, -0.1) is 0 Å². The van der Waals surface area contributed by atoms with Gasteiger partial charge in [-0.25, -0.2) is 4.79 Å². The zero-order chi connectivity index (χ0) is 22.3. The van der Waals surface area contributed by atoms with Crippen LogP contribution < -0.4 is 22.1 Å². The van der Waals surface area contributed by atoms with Gasteiger partial charge >= 0.3 is 5.97 Å². The predicted molar refractivity (Wildman–Crippen MR) is 103 cm³/mol. The summed E-state index contributed by atoms with van der Waals surface area (Å²) in [6.07, 6.45) is 0.983. The van der Waals surface area contributed by atoms with Crippen molar-refractivity contribution in [2.45, 2.75) is 70.6 Å². The average Bonchev–Trinajstić information content (AvgIpc) is 3.13. The van der Waals surface area contributed by atoms with Crippen molar-refractivity contribution >= 4 is 29.6 Å². The van der Waals surface area contributed by atoms with Crippen LogP contribution >= 0.6 is 0 Å². The van der Waals surface area contributed by atoms with Crippen LogP contribution in [0.3, 0.4) is 0 Å². The highest BCUT2D eigenvalue weighted by Gasteiger charge is 2.37. The fourth-order valence-electron chi connectivity index (χ4n) is 3.18. The summed E-state index contributed by atoms with van der Waals surface area (Å²) in [5, 5.41) is 14.1. The summed E-state index contributed by atoms with van der Waals surface area (Å²) in [6, 6.07) is -4.12. The van der Waals surface area contributed by atoms with Crippen LogP contribution in [0.4, 0.5) is 0 Å². The number of nitrogens with one attached hydrogen (secondary N) is 2. The molecular formula is C18H31N5O6. The highest BCUT2D eigenvalue weighted by molar-refractivity contribution is 5.96. The Balaban J connectivity index is 2.93. The van der Waals surface area contributed by atoms with E-state index in [-0.39, 0.29) is 11.8 Å². The van der Waals surface area contributed by atoms with Crippen molar-refractivity contribution in [1.82, 2.24) is 15.5 Å². The van der Waals surface area contributed by atoms with Crippen LogP contribution in [0.1, 0.15) is 46.5 Å². The van der Waals surface area contributed by atoms with Crippen molar-refractivity contribution in [3.63, 3.8) is 0 Å². The molecular weight excluding hydrogens is 382 g/mol. The largest absolute Gasteiger partial charge is 0.480 e. The van der Waals surface area contributed by atoms with Gasteiger partial charge in [0.2, 0.25) is 23.6 Å². The van der Waals surface area contributed by atoms with Gasteiger partial charge in [0, 0.05) is 6.54 Å². The molecule has 4 amide bonds. The third-order valence-electron chi connectivity index (χ3n) is 5.04. The molecule has 5 unspecified atom stereocenters. The lowest BCUT2D eigenvalue weighted by molar-refractivity contribution is -0.144. The van der Waals surface area contributed by atoms with Gasteiger partial charge in [-0.3, -0.25) is 19.2 Å². The first-order valence-electron chi connectivity index (χ1n) is 9.67. The van der Waals surface area contributed by atoms with Crippen LogP contribution in [-0.2, 0) is 24.0 Å². The number of hydrogen-bond acceptors (Lipinski definition) is 6. The second-order valence-corrected chi connectivity index (χ2v) is 7.42. The summed E-state index contributed by atoms with van der Waals surface area (Å²) in [5.74, 6) is -4.25. The lowest BCUT2D eigenvalue weighted by Crippen LogP contribution is -2.57. The summed E-state index contributed by atoms with van der Waals surface area (Å²) in [4.78, 5) is 61.6. The van der Waals surface area contributed by atoms with E-state index in [9.17, 15) is 29.1 Å². The minimum Gasteiger partial charge on any atom is -0.480 e. The van der Waals surface area contributed by atoms with Gasteiger partial charge in [-0.1, -0.05) is 20.3 Å². The van der Waals surface area contributed by atoms with Crippen molar-refractivity contribution in [3.05, 3.63) is 0 Å². The minimum atomic E-state index is -1.35. The third-order valence-corrected chi connectivity index (χ3v) is 5.04. The minimum absolute atomic E-state index is 0.361. The van der Waals surface area contributed by atoms with Crippen LogP contribution in [0.2, 0.25) is 0 Å². The quantitative estimate of drug-likeness (QED) is 0.282. The predicted octanol–water partition coefficient (Wildman–Crippen LogP) is -1.70. The molecule has 0 aromatic heterocycles. The summed E-state index contributed by atoms with van der Waals surface area (Å²) in [6.45, 7) is 5.32. The number of hydrogen-bond donors (Lipinski definition) is 5. The number of primary amides is 1. The maximum atomic E-state index is 12.7. The highest BCUT2D eigenvalue weighted by Crippen LogP contribution is 2.18. The molecule has 0 bridgehead atoms. The van der Waals surface area contributed by atoms with E-state index in [1.165, 1.54) is 11.8 Å². The molecule has 0 radical (unpaired) electrons. The molecule has 1 saturated heterocycles. The topological polar surface area (TPSA) is 185 Å². The Morgan fingerprint density at radius 2 is 1.79 bits per heavy atom. The van der Waals surface area contributed by atoms with Gasteiger partial charge < -0.3 is 32.1 Å². The van der Waals surface area contributed by atoms with Gasteiger partial charge in [0.25, 0.3) is 0 Å². The van der Waals surface area contributed by atoms with Crippen molar-refractivity contribution < 1.29 is 29.1 Å². The number of likely N-dealkylation sites (tertiary alicyclic amines) is 1. The Morgan fingerprint density at radius 1 is 1.17 bits per heavy atom. The standard InChI is InChI=1S/C18H31N5O6/c1-4-9(2)14(18(28)29)22-15(25)11(8-13(20)24)21-16(26)12-6-5-7-23(12)17(27)10(3)19/h9-12,14H,4-8,19H2,1-3H3,(H2,20,24)(H,21,26)(H,22,25)(H,28,29). The maximum Gasteiger partial charge on any atom is 0.326 e. The first kappa shape index (κ1) is 24.3. The van der Waals surface area contributed by atoms with E-state index < -0.39 is 54.3 Å². The SMILES string of the molecule is CCC(C)C(NC(=O)C(CC(N)=O)NC(=O)C1CCCN1C(=O)C(C)N)C(=O)O. The Bertz CT molecular complexity index is 653. The average molecular weight is 413 g/mol. The zero-order valence-electron chi connectivity index (χ0n) is 17.0. The molecule has 5 atom stereocenters. The maximum absolute atomic E-state index is 12.7. The van der Waals surface area contributed by atoms with Crippen LogP contribution in [0.15, 0.2) is 0 Å². The molecule has 1 fully saturated rings. The van der Waals surface area contributed by atoms with Gasteiger partial charge in [-0.05, 0) is 25.7 Å². The number of amides is 4. The Kier molecular flexibility index (Phi) is 9.02. The molecule has 0 aliphatic carbocycles. The number of carbonyl (C=O) groups excluding carboxylic acids is 4. The molecule has 0 saturated carbocycles. The number of aliphatic carboxylic acids is 1. The molecule has 7 N–H and O–H groups in total. The molecule has 1 aliphatic heterocycles. The van der Waals surface area contributed by atoms with E-state index in [0.717, 1.165) is 0 Å². The molecule has 11 nitrogen and oxygen atoms in total. The van der Waals surface area contributed by atoms with Gasteiger partial charge in [0.05, 0.1) is 12.5 Å². The van der Waals surface area contributed by atoms with Crippen LogP contribution in [0.25, 0.3) is 0 Å². The fourth-order valence-corrected chi connectivity index (χ4v) is 3.18. The molecule has 29 heavy (non-hydrogen) atoms. The van der Waals surface area contributed by atoms with Gasteiger partial charge in [0.1, 0.15) is 18.1 Å². The molecule has 0 spiro atoms. The zero-order valence-corrected chi connectivity index (χ0v) is 17.0. The van der Waals surface area contributed by atoms with Crippen molar-refractivity contribution in [2.24, 2.45) is 17.4 Å². The summed E-state index contributed by atoms with van der Waals surface area (Å²) in [7, 11) is 0. The second kappa shape index (κ2) is 10.7. The fraction of sp³-hybridized carbons (Fsp3) is 0.722. The molecule has 1 heterocycles. The number of nitrogens with zero attached hydrogens (tertiary/aromatic N) is 1. The number of carbonyl (C=O) groups is 5. The second-order valence-electron chi connectivity index (χ2n) is 7.42. The van der Waals surface area contributed by atoms with Crippen molar-refractivity contribution in [1.29, 1.82) is 0 Å². The Labute approximate surface area is 169 Å². The smallest absolute Gasteiger partial charge is 0.326 e. The first-order valence-corrected chi connectivity index (χ1v) is 9.67. The normalized spacial score (nSPS) is 20.3. The van der Waals surface area contributed by atoms with Crippen LogP contribution in [0.5, 0.6) is 0 Å². The summed E-state index contributed by atoms with van der Waals surface area (Å²) in [5.41, 5.74) is 10.8. The molecule has 0 aromatic rings. The number of rotatable bonds is 10. The lowest BCUT2D eigenvalue weighted by Gasteiger charge is -2.28. The summed E-state index contributed by atoms with van der Waals surface area (Å²) < 4.78 is 0. The van der Waals surface area contributed by atoms with Crippen LogP contribution in [-0.4, -0.2) is 70.3 Å². The Morgan fingerprint density at radius 3 is 2.28 bits per heavy atom. The van der Waals surface area contributed by atoms with Gasteiger partial charge in [-0.2, -0.15) is 0 Å². The van der Waals surface area contributed by atoms with E-state index in [0.29, 0.717) is 25.8 Å². The molecule has 0 aromatic carbocycles. The summed E-state index contributed by atoms with van der Waals surface area (Å²) >= 11 is 0. The van der Waals surface area contributed by atoms with Crippen LogP contribution in [0, 0.1) is 5.92 Å². The van der Waals surface area contributed by atoms with E-state index >= 15 is 0 Å². The van der Waals surface area contributed by atoms with E-state index in [1.807, 2.05) is 0 Å². The first-order chi connectivity index (χ1) is 13.5. The number of nitrogens with two attached hydrogens (primary N) is 2.